The standard InChI is InChI=1S/C13H18FNO3/c1-8(2)13(3,18)7-15-12(17)10-6-9(14)4-5-11(10)16/h4-6,8,16,18H,7H2,1-3H3,(H,15,17)/t13-/m0/s1. The molecule has 4 nitrogen and oxygen atoms in total. The predicted octanol–water partition coefficient (Wildman–Crippen LogP) is 1.67. The van der Waals surface area contributed by atoms with Crippen LogP contribution < -0.4 is 5.32 Å². The number of halogens is 1. The normalized spacial score (nSPS) is 14.3. The number of phenolic OH excluding ortho intramolecular Hbond substituents is 1. The molecule has 0 radical (unpaired) electrons. The highest BCUT2D eigenvalue weighted by atomic mass is 19.1. The van der Waals surface area contributed by atoms with Crippen molar-refractivity contribution in [2.45, 2.75) is 26.4 Å². The Morgan fingerprint density at radius 3 is 2.67 bits per heavy atom. The fourth-order valence-electron chi connectivity index (χ4n) is 1.25. The molecule has 0 fully saturated rings. The third-order valence-corrected chi connectivity index (χ3v) is 3.05. The number of hydrogen-bond acceptors (Lipinski definition) is 3. The van der Waals surface area contributed by atoms with Gasteiger partial charge in [0.05, 0.1) is 11.2 Å². The Morgan fingerprint density at radius 2 is 2.11 bits per heavy atom. The second kappa shape index (κ2) is 5.35. The number of benzene rings is 1. The summed E-state index contributed by atoms with van der Waals surface area (Å²) in [4.78, 5) is 11.7. The number of hydrogen-bond donors (Lipinski definition) is 3. The van der Waals surface area contributed by atoms with E-state index >= 15 is 0 Å². The van der Waals surface area contributed by atoms with Crippen LogP contribution in [0.5, 0.6) is 5.75 Å². The van der Waals surface area contributed by atoms with Crippen molar-refractivity contribution >= 4 is 5.91 Å². The van der Waals surface area contributed by atoms with Gasteiger partial charge in [-0.3, -0.25) is 4.79 Å². The van der Waals surface area contributed by atoms with Crippen molar-refractivity contribution in [1.82, 2.24) is 5.32 Å². The van der Waals surface area contributed by atoms with Gasteiger partial charge in [-0.15, -0.1) is 0 Å². The lowest BCUT2D eigenvalue weighted by Crippen LogP contribution is -2.44. The van der Waals surface area contributed by atoms with E-state index in [2.05, 4.69) is 5.32 Å². The molecule has 3 N–H and O–H groups in total. The van der Waals surface area contributed by atoms with Crippen molar-refractivity contribution in [2.24, 2.45) is 5.92 Å². The van der Waals surface area contributed by atoms with Gasteiger partial charge >= 0.3 is 0 Å². The van der Waals surface area contributed by atoms with E-state index in [-0.39, 0.29) is 23.8 Å². The Kier molecular flexibility index (Phi) is 4.29. The first-order chi connectivity index (χ1) is 8.24. The molecule has 100 valence electrons. The number of aliphatic hydroxyl groups is 1. The lowest BCUT2D eigenvalue weighted by atomic mass is 9.92. The maximum Gasteiger partial charge on any atom is 0.255 e. The summed E-state index contributed by atoms with van der Waals surface area (Å²) in [6.45, 7) is 5.28. The third kappa shape index (κ3) is 3.43. The van der Waals surface area contributed by atoms with E-state index in [1.54, 1.807) is 6.92 Å². The minimum Gasteiger partial charge on any atom is -0.507 e. The Morgan fingerprint density at radius 1 is 1.50 bits per heavy atom. The van der Waals surface area contributed by atoms with Crippen molar-refractivity contribution in [3.05, 3.63) is 29.6 Å². The van der Waals surface area contributed by atoms with Crippen molar-refractivity contribution in [3.8, 4) is 5.75 Å². The smallest absolute Gasteiger partial charge is 0.255 e. The van der Waals surface area contributed by atoms with Gasteiger partial charge in [-0.25, -0.2) is 4.39 Å². The van der Waals surface area contributed by atoms with Crippen LogP contribution in [0.1, 0.15) is 31.1 Å². The summed E-state index contributed by atoms with van der Waals surface area (Å²) in [6, 6.07) is 3.13. The highest BCUT2D eigenvalue weighted by molar-refractivity contribution is 5.96. The highest BCUT2D eigenvalue weighted by Gasteiger charge is 2.26. The second-order valence-corrected chi connectivity index (χ2v) is 4.86. The van der Waals surface area contributed by atoms with Crippen LogP contribution in [0, 0.1) is 11.7 Å². The first-order valence-electron chi connectivity index (χ1n) is 5.73. The number of aromatic hydroxyl groups is 1. The quantitative estimate of drug-likeness (QED) is 0.766. The zero-order valence-corrected chi connectivity index (χ0v) is 10.7. The number of carbonyl (C=O) groups excluding carboxylic acids is 1. The van der Waals surface area contributed by atoms with Gasteiger partial charge in [0.25, 0.3) is 5.91 Å². The SMILES string of the molecule is CC(C)[C@@](C)(O)CNC(=O)c1cc(F)ccc1O. The molecular weight excluding hydrogens is 237 g/mol. The number of nitrogens with one attached hydrogen (secondary N) is 1. The summed E-state index contributed by atoms with van der Waals surface area (Å²) >= 11 is 0. The predicted molar refractivity (Wildman–Crippen MR) is 65.9 cm³/mol. The minimum absolute atomic E-state index is 0.0272. The van der Waals surface area contributed by atoms with E-state index in [1.807, 2.05) is 13.8 Å². The van der Waals surface area contributed by atoms with E-state index in [9.17, 15) is 19.4 Å². The zero-order chi connectivity index (χ0) is 13.9. The number of carbonyl (C=O) groups is 1. The number of rotatable bonds is 4. The molecule has 1 atom stereocenters. The van der Waals surface area contributed by atoms with Gasteiger partial charge in [-0.2, -0.15) is 0 Å². The van der Waals surface area contributed by atoms with Crippen LogP contribution in [0.2, 0.25) is 0 Å². The Labute approximate surface area is 105 Å². The van der Waals surface area contributed by atoms with Crippen molar-refractivity contribution in [3.63, 3.8) is 0 Å². The van der Waals surface area contributed by atoms with E-state index in [1.165, 1.54) is 0 Å². The first-order valence-corrected chi connectivity index (χ1v) is 5.73. The fraction of sp³-hybridized carbons (Fsp3) is 0.462. The van der Waals surface area contributed by atoms with E-state index in [0.717, 1.165) is 18.2 Å². The molecule has 1 aromatic rings. The molecule has 0 spiro atoms. The van der Waals surface area contributed by atoms with Crippen LogP contribution in [0.4, 0.5) is 4.39 Å². The van der Waals surface area contributed by atoms with Crippen LogP contribution in [-0.4, -0.2) is 28.3 Å². The van der Waals surface area contributed by atoms with Crippen molar-refractivity contribution in [2.75, 3.05) is 6.54 Å². The molecule has 1 aromatic carbocycles. The molecule has 0 saturated heterocycles. The maximum absolute atomic E-state index is 13.0. The molecule has 0 aliphatic carbocycles. The molecule has 0 bridgehead atoms. The summed E-state index contributed by atoms with van der Waals surface area (Å²) in [5, 5.41) is 21.9. The zero-order valence-electron chi connectivity index (χ0n) is 10.7. The van der Waals surface area contributed by atoms with Gasteiger partial charge in [0.1, 0.15) is 11.6 Å². The molecule has 1 rings (SSSR count). The molecular formula is C13H18FNO3. The average molecular weight is 255 g/mol. The summed E-state index contributed by atoms with van der Waals surface area (Å²) in [5.74, 6) is -1.56. The Hall–Kier alpha value is -1.62. The molecule has 0 aromatic heterocycles. The molecule has 0 saturated carbocycles. The van der Waals surface area contributed by atoms with Gasteiger partial charge in [0, 0.05) is 6.54 Å². The van der Waals surface area contributed by atoms with Gasteiger partial charge in [-0.05, 0) is 31.0 Å². The lowest BCUT2D eigenvalue weighted by Gasteiger charge is -2.27. The van der Waals surface area contributed by atoms with Crippen LogP contribution in [-0.2, 0) is 0 Å². The highest BCUT2D eigenvalue weighted by Crippen LogP contribution is 2.19. The maximum atomic E-state index is 13.0. The summed E-state index contributed by atoms with van der Waals surface area (Å²) in [7, 11) is 0. The minimum atomic E-state index is -1.06. The van der Waals surface area contributed by atoms with Gasteiger partial charge < -0.3 is 15.5 Å². The summed E-state index contributed by atoms with van der Waals surface area (Å²) in [5.41, 5.74) is -1.20. The van der Waals surface area contributed by atoms with Crippen molar-refractivity contribution < 1.29 is 19.4 Å². The van der Waals surface area contributed by atoms with Crippen molar-refractivity contribution in [1.29, 1.82) is 0 Å². The topological polar surface area (TPSA) is 69.6 Å². The molecule has 5 heteroatoms. The summed E-state index contributed by atoms with van der Waals surface area (Å²) < 4.78 is 13.0. The molecule has 18 heavy (non-hydrogen) atoms. The first kappa shape index (κ1) is 14.4. The largest absolute Gasteiger partial charge is 0.507 e. The Bertz CT molecular complexity index is 444. The average Bonchev–Trinajstić information content (AvgIpc) is 2.29. The number of amides is 1. The number of phenols is 1. The molecule has 0 aliphatic rings. The van der Waals surface area contributed by atoms with E-state index < -0.39 is 17.3 Å². The molecule has 0 heterocycles. The van der Waals surface area contributed by atoms with Gasteiger partial charge in [0.15, 0.2) is 0 Å². The van der Waals surface area contributed by atoms with Gasteiger partial charge in [0.2, 0.25) is 0 Å². The molecule has 0 unspecified atom stereocenters. The Balaban J connectivity index is 2.75. The van der Waals surface area contributed by atoms with Crippen LogP contribution >= 0.6 is 0 Å². The fourth-order valence-corrected chi connectivity index (χ4v) is 1.25. The van der Waals surface area contributed by atoms with Crippen LogP contribution in [0.3, 0.4) is 0 Å². The molecule has 0 aliphatic heterocycles. The third-order valence-electron chi connectivity index (χ3n) is 3.05. The van der Waals surface area contributed by atoms with E-state index in [0.29, 0.717) is 0 Å². The van der Waals surface area contributed by atoms with Gasteiger partial charge in [-0.1, -0.05) is 13.8 Å². The second-order valence-electron chi connectivity index (χ2n) is 4.86. The summed E-state index contributed by atoms with van der Waals surface area (Å²) in [6.07, 6.45) is 0. The van der Waals surface area contributed by atoms with Crippen LogP contribution in [0.15, 0.2) is 18.2 Å². The molecule has 1 amide bonds. The lowest BCUT2D eigenvalue weighted by molar-refractivity contribution is 0.0142. The van der Waals surface area contributed by atoms with Crippen LogP contribution in [0.25, 0.3) is 0 Å². The monoisotopic (exact) mass is 255 g/mol. The van der Waals surface area contributed by atoms with E-state index in [4.69, 9.17) is 0 Å².